The number of rotatable bonds is 3. The third-order valence-corrected chi connectivity index (χ3v) is 1.07. The second-order valence-corrected chi connectivity index (χ2v) is 2.26. The third kappa shape index (κ3) is 35.4. The molecule has 0 spiro atoms. The van der Waals surface area contributed by atoms with E-state index in [1.807, 2.05) is 0 Å². The monoisotopic (exact) mass is 188 g/mol. The lowest BCUT2D eigenvalue weighted by molar-refractivity contribution is -0.104. The largest absolute Gasteiger partial charge is 0.298 e. The molecule has 0 bridgehead atoms. The first-order chi connectivity index (χ1) is 6.22. The topological polar surface area (TPSA) is 17.1 Å². The highest BCUT2D eigenvalue weighted by Crippen LogP contribution is 1.83. The molecule has 0 N–H and O–H groups in total. The van der Waals surface area contributed by atoms with E-state index in [0.29, 0.717) is 12.8 Å². The molecule has 78 valence electrons. The molecule has 0 aliphatic carbocycles. The van der Waals surface area contributed by atoms with Crippen LogP contribution in [-0.4, -0.2) is 13.5 Å². The van der Waals surface area contributed by atoms with Gasteiger partial charge in [-0.1, -0.05) is 45.4 Å². The molecule has 0 rings (SSSR count). The molecule has 0 aromatic heterocycles. The minimum atomic E-state index is 0.500. The number of allylic oxidation sites excluding steroid dienone is 3. The summed E-state index contributed by atoms with van der Waals surface area (Å²) in [4.78, 5) is 9.78. The van der Waals surface area contributed by atoms with Crippen molar-refractivity contribution in [3.63, 3.8) is 0 Å². The third-order valence-electron chi connectivity index (χ3n) is 1.07. The molecule has 0 fully saturated rings. The number of unbranched alkanes of at least 4 members (excludes halogenated alkanes) is 1. The van der Waals surface area contributed by atoms with Gasteiger partial charge in [0.2, 0.25) is 0 Å². The average Bonchev–Trinajstić information content (AvgIpc) is 2.21. The fraction of sp³-hybridized carbons (Fsp3) is 0.545. The first-order valence-electron chi connectivity index (χ1n) is 4.35. The van der Waals surface area contributed by atoms with Crippen molar-refractivity contribution >= 4 is 6.29 Å². The quantitative estimate of drug-likeness (QED) is 0.375. The zero-order chi connectivity index (χ0) is 11.1. The van der Waals surface area contributed by atoms with Gasteiger partial charge in [0.15, 0.2) is 0 Å². The number of carbonyl (C=O) groups excluding carboxylic acids is 1. The van der Waals surface area contributed by atoms with Crippen LogP contribution in [0.15, 0.2) is 24.3 Å². The molecule has 0 saturated carbocycles. The van der Waals surface area contributed by atoms with Gasteiger partial charge in [-0.2, -0.15) is 0 Å². The Morgan fingerprint density at radius 3 is 1.77 bits per heavy atom. The summed E-state index contributed by atoms with van der Waals surface area (Å²) in [7, 11) is 0.500. The van der Waals surface area contributed by atoms with Gasteiger partial charge in [-0.25, -0.2) is 0 Å². The van der Waals surface area contributed by atoms with Gasteiger partial charge in [0.25, 0.3) is 0 Å². The Bertz CT molecular complexity index is 126. The average molecular weight is 188 g/mol. The highest BCUT2D eigenvalue weighted by Gasteiger charge is 1.74. The molecular formula is C11H21FO. The lowest BCUT2D eigenvalue weighted by Gasteiger charge is -1.75. The van der Waals surface area contributed by atoms with Crippen LogP contribution in [0.2, 0.25) is 0 Å². The smallest absolute Gasteiger partial charge is 0.145 e. The summed E-state index contributed by atoms with van der Waals surface area (Å²) in [6, 6.07) is 0. The number of alkyl halides is 1. The van der Waals surface area contributed by atoms with Crippen molar-refractivity contribution in [1.29, 1.82) is 0 Å². The van der Waals surface area contributed by atoms with Crippen LogP contribution in [0.4, 0.5) is 4.39 Å². The normalized spacial score (nSPS) is 8.54. The minimum Gasteiger partial charge on any atom is -0.298 e. The van der Waals surface area contributed by atoms with Crippen molar-refractivity contribution in [3.05, 3.63) is 24.3 Å². The van der Waals surface area contributed by atoms with E-state index >= 15 is 0 Å². The van der Waals surface area contributed by atoms with Crippen LogP contribution in [0.3, 0.4) is 0 Å². The number of carbonyl (C=O) groups is 1. The van der Waals surface area contributed by atoms with E-state index in [2.05, 4.69) is 20.4 Å². The van der Waals surface area contributed by atoms with E-state index in [-0.39, 0.29) is 0 Å². The Morgan fingerprint density at radius 2 is 1.69 bits per heavy atom. The van der Waals surface area contributed by atoms with Crippen molar-refractivity contribution in [2.24, 2.45) is 0 Å². The fourth-order valence-electron chi connectivity index (χ4n) is 0.225. The summed E-state index contributed by atoms with van der Waals surface area (Å²) in [6.45, 7) is 9.51. The molecule has 0 aliphatic heterocycles. The number of hydrogen-bond donors (Lipinski definition) is 0. The molecular weight excluding hydrogens is 167 g/mol. The molecule has 2 heteroatoms. The standard InChI is InChI=1S/C6H8O.C4H10.CH3F/c1-3-4-6(2)5-7;1-3-4-2;1-2/h3-5H,1H2,2H3;3-4H2,1-2H3;1H3/b6-4+;;. The van der Waals surface area contributed by atoms with Gasteiger partial charge in [0, 0.05) is 0 Å². The summed E-state index contributed by atoms with van der Waals surface area (Å²) >= 11 is 0. The van der Waals surface area contributed by atoms with Gasteiger partial charge in [0.1, 0.15) is 6.29 Å². The van der Waals surface area contributed by atoms with Gasteiger partial charge in [-0.3, -0.25) is 9.18 Å². The van der Waals surface area contributed by atoms with Crippen molar-refractivity contribution < 1.29 is 9.18 Å². The minimum absolute atomic E-state index is 0.500. The Morgan fingerprint density at radius 1 is 1.31 bits per heavy atom. The van der Waals surface area contributed by atoms with E-state index in [1.54, 1.807) is 19.1 Å². The Balaban J connectivity index is -0.000000142. The predicted octanol–water partition coefficient (Wildman–Crippen LogP) is 3.71. The maximum absolute atomic E-state index is 9.78. The van der Waals surface area contributed by atoms with Crippen LogP contribution in [-0.2, 0) is 4.79 Å². The van der Waals surface area contributed by atoms with Crippen molar-refractivity contribution in [2.75, 3.05) is 7.18 Å². The van der Waals surface area contributed by atoms with Gasteiger partial charge >= 0.3 is 0 Å². The van der Waals surface area contributed by atoms with Crippen molar-refractivity contribution in [1.82, 2.24) is 0 Å². The maximum atomic E-state index is 9.78. The molecule has 0 unspecified atom stereocenters. The Hall–Kier alpha value is -0.920. The summed E-state index contributed by atoms with van der Waals surface area (Å²) < 4.78 is 9.50. The lowest BCUT2D eigenvalue weighted by atomic mass is 10.3. The van der Waals surface area contributed by atoms with E-state index in [9.17, 15) is 9.18 Å². The molecule has 0 aromatic carbocycles. The zero-order valence-corrected chi connectivity index (χ0v) is 9.14. The fourth-order valence-corrected chi connectivity index (χ4v) is 0.225. The Labute approximate surface area is 81.3 Å². The van der Waals surface area contributed by atoms with Crippen LogP contribution < -0.4 is 0 Å². The molecule has 0 amide bonds. The molecule has 0 heterocycles. The van der Waals surface area contributed by atoms with Gasteiger partial charge in [0.05, 0.1) is 7.18 Å². The molecule has 0 aromatic rings. The number of hydrogen-bond acceptors (Lipinski definition) is 1. The molecule has 0 saturated heterocycles. The van der Waals surface area contributed by atoms with Crippen molar-refractivity contribution in [2.45, 2.75) is 33.6 Å². The van der Waals surface area contributed by atoms with Crippen LogP contribution in [0, 0.1) is 0 Å². The van der Waals surface area contributed by atoms with Gasteiger partial charge < -0.3 is 0 Å². The first kappa shape index (κ1) is 18.0. The zero-order valence-electron chi connectivity index (χ0n) is 9.14. The number of halogens is 1. The predicted molar refractivity (Wildman–Crippen MR) is 57.6 cm³/mol. The van der Waals surface area contributed by atoms with Crippen LogP contribution in [0.25, 0.3) is 0 Å². The van der Waals surface area contributed by atoms with Crippen LogP contribution >= 0.6 is 0 Å². The lowest BCUT2D eigenvalue weighted by Crippen LogP contribution is -1.70. The molecule has 13 heavy (non-hydrogen) atoms. The molecule has 1 nitrogen and oxygen atoms in total. The highest BCUT2D eigenvalue weighted by molar-refractivity contribution is 5.72. The van der Waals surface area contributed by atoms with E-state index in [1.165, 1.54) is 12.8 Å². The SMILES string of the molecule is C=C/C=C(\C)C=O.CCCC.CF. The van der Waals surface area contributed by atoms with E-state index in [0.717, 1.165) is 6.29 Å². The summed E-state index contributed by atoms with van der Waals surface area (Å²) in [6.07, 6.45) is 6.68. The summed E-state index contributed by atoms with van der Waals surface area (Å²) in [5.41, 5.74) is 0.704. The van der Waals surface area contributed by atoms with Gasteiger partial charge in [-0.15, -0.1) is 0 Å². The second-order valence-electron chi connectivity index (χ2n) is 2.26. The van der Waals surface area contributed by atoms with E-state index < -0.39 is 0 Å². The Kier molecular flexibility index (Phi) is 31.1. The second kappa shape index (κ2) is 22.5. The first-order valence-corrected chi connectivity index (χ1v) is 4.35. The van der Waals surface area contributed by atoms with Crippen LogP contribution in [0.1, 0.15) is 33.6 Å². The molecule has 0 radical (unpaired) electrons. The molecule has 0 atom stereocenters. The van der Waals surface area contributed by atoms with Crippen molar-refractivity contribution in [3.8, 4) is 0 Å². The number of aldehydes is 1. The highest BCUT2D eigenvalue weighted by atomic mass is 19.1. The van der Waals surface area contributed by atoms with Crippen LogP contribution in [0.5, 0.6) is 0 Å². The van der Waals surface area contributed by atoms with Gasteiger partial charge in [-0.05, 0) is 12.5 Å². The maximum Gasteiger partial charge on any atom is 0.145 e. The van der Waals surface area contributed by atoms with E-state index in [4.69, 9.17) is 0 Å². The summed E-state index contributed by atoms with van der Waals surface area (Å²) in [5, 5.41) is 0. The molecule has 0 aliphatic rings. The summed E-state index contributed by atoms with van der Waals surface area (Å²) in [5.74, 6) is 0.